The van der Waals surface area contributed by atoms with Gasteiger partial charge in [0.2, 0.25) is 0 Å². The number of methoxy groups -OCH3 is 1. The maximum atomic E-state index is 14.6. The molecule has 5 aromatic rings. The van der Waals surface area contributed by atoms with Gasteiger partial charge in [-0.15, -0.1) is 0 Å². The second-order valence-corrected chi connectivity index (χ2v) is 9.16. The van der Waals surface area contributed by atoms with Crippen molar-refractivity contribution in [1.82, 2.24) is 19.5 Å². The highest BCUT2D eigenvalue weighted by molar-refractivity contribution is 5.88. The highest BCUT2D eigenvalue weighted by Crippen LogP contribution is 2.31. The molecule has 0 fully saturated rings. The molecule has 10 heteroatoms. The first-order chi connectivity index (χ1) is 18.8. The molecule has 0 bridgehead atoms. The standard InChI is InChI=1S/C29H28FN5O4/c1-17-14-21-24(38-3)9-8-22(30)28(21)35(17)13-12-31-25-15-23(32-16-33-25)19-4-6-20(7-5-19)29-18(2)34-26(39-29)10-11-27(36)37/h4-9,14-16H,10-13H2,1-3H3,(H,36,37)(H,31,32,33). The zero-order valence-corrected chi connectivity index (χ0v) is 21.9. The van der Waals surface area contributed by atoms with Crippen molar-refractivity contribution >= 4 is 22.7 Å². The van der Waals surface area contributed by atoms with E-state index in [1.54, 1.807) is 13.2 Å². The first-order valence-corrected chi connectivity index (χ1v) is 12.5. The van der Waals surface area contributed by atoms with Crippen molar-refractivity contribution in [3.63, 3.8) is 0 Å². The van der Waals surface area contributed by atoms with Crippen LogP contribution in [0.5, 0.6) is 5.75 Å². The minimum atomic E-state index is -0.890. The molecule has 0 atom stereocenters. The Morgan fingerprint density at radius 1 is 1.10 bits per heavy atom. The van der Waals surface area contributed by atoms with Gasteiger partial charge in [-0.05, 0) is 32.0 Å². The van der Waals surface area contributed by atoms with Gasteiger partial charge >= 0.3 is 5.97 Å². The SMILES string of the molecule is COc1ccc(F)c2c1cc(C)n2CCNc1cc(-c2ccc(-c3oc(CCC(=O)O)nc3C)cc2)ncn1. The maximum absolute atomic E-state index is 14.6. The van der Waals surface area contributed by atoms with Gasteiger partial charge in [0.25, 0.3) is 0 Å². The Labute approximate surface area is 224 Å². The Morgan fingerprint density at radius 3 is 2.62 bits per heavy atom. The van der Waals surface area contributed by atoms with E-state index in [0.29, 0.717) is 47.5 Å². The molecular formula is C29H28FN5O4. The summed E-state index contributed by atoms with van der Waals surface area (Å²) in [5.74, 6) is 1.15. The molecular weight excluding hydrogens is 501 g/mol. The number of carbonyl (C=O) groups is 1. The summed E-state index contributed by atoms with van der Waals surface area (Å²) in [6.07, 6.45) is 1.71. The molecule has 0 aliphatic carbocycles. The number of oxazole rings is 1. The number of ether oxygens (including phenoxy) is 1. The van der Waals surface area contributed by atoms with E-state index in [9.17, 15) is 9.18 Å². The molecule has 200 valence electrons. The van der Waals surface area contributed by atoms with E-state index in [1.807, 2.05) is 54.8 Å². The van der Waals surface area contributed by atoms with Crippen LogP contribution in [-0.4, -0.2) is 44.2 Å². The van der Waals surface area contributed by atoms with Gasteiger partial charge in [-0.25, -0.2) is 19.3 Å². The summed E-state index contributed by atoms with van der Waals surface area (Å²) in [4.78, 5) is 23.9. The van der Waals surface area contributed by atoms with E-state index in [-0.39, 0.29) is 18.7 Å². The molecule has 0 aliphatic heterocycles. The number of hydrogen-bond donors (Lipinski definition) is 2. The van der Waals surface area contributed by atoms with Crippen LogP contribution in [-0.2, 0) is 17.8 Å². The first-order valence-electron chi connectivity index (χ1n) is 12.5. The molecule has 9 nitrogen and oxygen atoms in total. The van der Waals surface area contributed by atoms with Crippen molar-refractivity contribution in [2.75, 3.05) is 19.0 Å². The average Bonchev–Trinajstić information content (AvgIpc) is 3.47. The minimum absolute atomic E-state index is 0.0321. The molecule has 2 N–H and O–H groups in total. The number of nitrogens with one attached hydrogen (secondary N) is 1. The number of aryl methyl sites for hydroxylation is 3. The molecule has 3 aromatic heterocycles. The van der Waals surface area contributed by atoms with E-state index in [1.165, 1.54) is 12.4 Å². The summed E-state index contributed by atoms with van der Waals surface area (Å²) in [7, 11) is 1.58. The minimum Gasteiger partial charge on any atom is -0.496 e. The number of fused-ring (bicyclic) bond motifs is 1. The van der Waals surface area contributed by atoms with Crippen molar-refractivity contribution in [1.29, 1.82) is 0 Å². The van der Waals surface area contributed by atoms with E-state index in [4.69, 9.17) is 14.3 Å². The van der Waals surface area contributed by atoms with Crippen LogP contribution < -0.4 is 10.1 Å². The number of hydrogen-bond acceptors (Lipinski definition) is 7. The zero-order chi connectivity index (χ0) is 27.5. The Hall–Kier alpha value is -4.73. The van der Waals surface area contributed by atoms with E-state index >= 15 is 0 Å². The number of aromatic nitrogens is 4. The number of anilines is 1. The molecule has 39 heavy (non-hydrogen) atoms. The monoisotopic (exact) mass is 529 g/mol. The smallest absolute Gasteiger partial charge is 0.303 e. The molecule has 3 heterocycles. The number of halogens is 1. The van der Waals surface area contributed by atoms with Gasteiger partial charge in [0.1, 0.15) is 23.7 Å². The maximum Gasteiger partial charge on any atom is 0.303 e. The van der Waals surface area contributed by atoms with Crippen molar-refractivity contribution < 1.29 is 23.4 Å². The van der Waals surface area contributed by atoms with Crippen LogP contribution in [0.3, 0.4) is 0 Å². The topological polar surface area (TPSA) is 115 Å². The molecule has 0 saturated carbocycles. The number of rotatable bonds is 10. The fourth-order valence-electron chi connectivity index (χ4n) is 4.65. The Balaban J connectivity index is 1.28. The van der Waals surface area contributed by atoms with Gasteiger partial charge in [0, 0.05) is 47.8 Å². The number of nitrogens with zero attached hydrogens (tertiary/aromatic N) is 4. The van der Waals surface area contributed by atoms with Crippen LogP contribution >= 0.6 is 0 Å². The van der Waals surface area contributed by atoms with Gasteiger partial charge in [-0.2, -0.15) is 0 Å². The van der Waals surface area contributed by atoms with Crippen LogP contribution in [0.25, 0.3) is 33.5 Å². The largest absolute Gasteiger partial charge is 0.496 e. The lowest BCUT2D eigenvalue weighted by Gasteiger charge is -2.12. The second kappa shape index (κ2) is 10.9. The van der Waals surface area contributed by atoms with Crippen molar-refractivity contribution in [2.24, 2.45) is 0 Å². The van der Waals surface area contributed by atoms with E-state index < -0.39 is 5.97 Å². The second-order valence-electron chi connectivity index (χ2n) is 9.16. The molecule has 0 saturated heterocycles. The molecule has 0 unspecified atom stereocenters. The van der Waals surface area contributed by atoms with Gasteiger partial charge < -0.3 is 24.1 Å². The van der Waals surface area contributed by atoms with Gasteiger partial charge in [0.15, 0.2) is 11.7 Å². The predicted molar refractivity (Wildman–Crippen MR) is 145 cm³/mol. The Kier molecular flexibility index (Phi) is 7.27. The summed E-state index contributed by atoms with van der Waals surface area (Å²) in [6.45, 7) is 4.86. The summed E-state index contributed by atoms with van der Waals surface area (Å²) < 4.78 is 27.8. The molecule has 5 rings (SSSR count). The first kappa shape index (κ1) is 25.9. The van der Waals surface area contributed by atoms with Crippen molar-refractivity contribution in [3.05, 3.63) is 78.0 Å². The lowest BCUT2D eigenvalue weighted by atomic mass is 10.1. The summed E-state index contributed by atoms with van der Waals surface area (Å²) in [5.41, 5.74) is 4.65. The lowest BCUT2D eigenvalue weighted by Crippen LogP contribution is -2.13. The van der Waals surface area contributed by atoms with E-state index in [2.05, 4.69) is 20.3 Å². The highest BCUT2D eigenvalue weighted by atomic mass is 19.1. The van der Waals surface area contributed by atoms with Crippen LogP contribution in [0.2, 0.25) is 0 Å². The number of carboxylic acids is 1. The normalized spacial score (nSPS) is 11.2. The third-order valence-electron chi connectivity index (χ3n) is 6.54. The fraction of sp³-hybridized carbons (Fsp3) is 0.241. The number of carboxylic acid groups (broad SMARTS) is 1. The molecule has 0 amide bonds. The molecule has 0 spiro atoms. The van der Waals surface area contributed by atoms with E-state index in [0.717, 1.165) is 27.9 Å². The fourth-order valence-corrected chi connectivity index (χ4v) is 4.65. The highest BCUT2D eigenvalue weighted by Gasteiger charge is 2.15. The Morgan fingerprint density at radius 2 is 1.87 bits per heavy atom. The van der Waals surface area contributed by atoms with Crippen LogP contribution in [0.15, 0.2) is 59.3 Å². The van der Waals surface area contributed by atoms with Crippen molar-refractivity contribution in [3.8, 4) is 28.3 Å². The summed E-state index contributed by atoms with van der Waals surface area (Å²) in [5, 5.41) is 13.0. The number of aliphatic carboxylic acids is 1. The summed E-state index contributed by atoms with van der Waals surface area (Å²) >= 11 is 0. The van der Waals surface area contributed by atoms with Gasteiger partial charge in [-0.3, -0.25) is 4.79 Å². The average molecular weight is 530 g/mol. The zero-order valence-electron chi connectivity index (χ0n) is 21.9. The quantitative estimate of drug-likeness (QED) is 0.239. The Bertz CT molecular complexity index is 1640. The van der Waals surface area contributed by atoms with Gasteiger partial charge in [-0.1, -0.05) is 24.3 Å². The third-order valence-corrected chi connectivity index (χ3v) is 6.54. The summed E-state index contributed by atoms with van der Waals surface area (Å²) in [6, 6.07) is 14.6. The van der Waals surface area contributed by atoms with Crippen molar-refractivity contribution in [2.45, 2.75) is 33.2 Å². The molecule has 0 radical (unpaired) electrons. The van der Waals surface area contributed by atoms with Crippen LogP contribution in [0.1, 0.15) is 23.7 Å². The molecule has 2 aromatic carbocycles. The number of benzene rings is 2. The van der Waals surface area contributed by atoms with Crippen LogP contribution in [0, 0.1) is 19.7 Å². The van der Waals surface area contributed by atoms with Gasteiger partial charge in [0.05, 0.1) is 30.4 Å². The molecule has 0 aliphatic rings. The lowest BCUT2D eigenvalue weighted by molar-refractivity contribution is -0.137. The van der Waals surface area contributed by atoms with Crippen LogP contribution in [0.4, 0.5) is 10.2 Å². The predicted octanol–water partition coefficient (Wildman–Crippen LogP) is 5.65. The third kappa shape index (κ3) is 5.45.